The second-order valence-corrected chi connectivity index (χ2v) is 4.92. The van der Waals surface area contributed by atoms with E-state index in [2.05, 4.69) is 15.6 Å². The van der Waals surface area contributed by atoms with Gasteiger partial charge in [-0.2, -0.15) is 0 Å². The molecule has 1 aromatic heterocycles. The maximum atomic E-state index is 11.6. The van der Waals surface area contributed by atoms with Gasteiger partial charge in [0.25, 0.3) is 0 Å². The predicted molar refractivity (Wildman–Crippen MR) is 73.6 cm³/mol. The van der Waals surface area contributed by atoms with Crippen LogP contribution in [0.2, 0.25) is 0 Å². The monoisotopic (exact) mass is 261 g/mol. The maximum Gasteiger partial charge on any atom is 0.239 e. The van der Waals surface area contributed by atoms with Crippen LogP contribution in [0.25, 0.3) is 0 Å². The SMILES string of the molecule is Cc1nc(CNC(=O)CNc2ccccc2)cs1. The fourth-order valence-electron chi connectivity index (χ4n) is 1.48. The molecule has 0 fully saturated rings. The highest BCUT2D eigenvalue weighted by Crippen LogP contribution is 2.07. The molecule has 0 saturated carbocycles. The molecule has 1 amide bonds. The van der Waals surface area contributed by atoms with E-state index in [0.717, 1.165) is 16.4 Å². The fraction of sp³-hybridized carbons (Fsp3) is 0.231. The highest BCUT2D eigenvalue weighted by molar-refractivity contribution is 7.09. The van der Waals surface area contributed by atoms with Gasteiger partial charge >= 0.3 is 0 Å². The van der Waals surface area contributed by atoms with Crippen LogP contribution in [0.5, 0.6) is 0 Å². The summed E-state index contributed by atoms with van der Waals surface area (Å²) in [5.74, 6) is -0.0375. The number of aromatic nitrogens is 1. The normalized spacial score (nSPS) is 10.1. The molecule has 5 heteroatoms. The molecule has 2 N–H and O–H groups in total. The molecule has 1 aromatic carbocycles. The van der Waals surface area contributed by atoms with Crippen molar-refractivity contribution in [2.45, 2.75) is 13.5 Å². The summed E-state index contributed by atoms with van der Waals surface area (Å²) in [6.07, 6.45) is 0. The number of thiazole rings is 1. The van der Waals surface area contributed by atoms with Crippen LogP contribution < -0.4 is 10.6 Å². The van der Waals surface area contributed by atoms with Crippen molar-refractivity contribution in [3.63, 3.8) is 0 Å². The van der Waals surface area contributed by atoms with E-state index in [1.807, 2.05) is 42.6 Å². The van der Waals surface area contributed by atoms with Crippen molar-refractivity contribution in [3.05, 3.63) is 46.4 Å². The molecule has 0 saturated heterocycles. The van der Waals surface area contributed by atoms with Crippen molar-refractivity contribution in [2.24, 2.45) is 0 Å². The molecule has 0 aliphatic carbocycles. The van der Waals surface area contributed by atoms with E-state index in [9.17, 15) is 4.79 Å². The van der Waals surface area contributed by atoms with Gasteiger partial charge in [-0.1, -0.05) is 18.2 Å². The Balaban J connectivity index is 1.73. The third-order valence-electron chi connectivity index (χ3n) is 2.36. The number of para-hydroxylation sites is 1. The highest BCUT2D eigenvalue weighted by Gasteiger charge is 2.03. The molecule has 0 atom stereocenters. The second-order valence-electron chi connectivity index (χ2n) is 3.85. The Hall–Kier alpha value is -1.88. The minimum atomic E-state index is -0.0375. The van der Waals surface area contributed by atoms with Crippen molar-refractivity contribution in [1.29, 1.82) is 0 Å². The number of nitrogens with zero attached hydrogens (tertiary/aromatic N) is 1. The van der Waals surface area contributed by atoms with E-state index in [4.69, 9.17) is 0 Å². The Labute approximate surface area is 110 Å². The number of carbonyl (C=O) groups is 1. The number of benzene rings is 1. The molecule has 0 bridgehead atoms. The first kappa shape index (κ1) is 12.6. The summed E-state index contributed by atoms with van der Waals surface area (Å²) in [6, 6.07) is 9.65. The largest absolute Gasteiger partial charge is 0.376 e. The molecule has 0 radical (unpaired) electrons. The van der Waals surface area contributed by atoms with Crippen molar-refractivity contribution in [2.75, 3.05) is 11.9 Å². The smallest absolute Gasteiger partial charge is 0.239 e. The molecule has 0 spiro atoms. The van der Waals surface area contributed by atoms with Gasteiger partial charge in [0.15, 0.2) is 0 Å². The van der Waals surface area contributed by atoms with Gasteiger partial charge in [-0.25, -0.2) is 4.98 Å². The molecule has 0 unspecified atom stereocenters. The molecule has 0 aliphatic rings. The quantitative estimate of drug-likeness (QED) is 0.867. The van der Waals surface area contributed by atoms with Crippen LogP contribution in [0, 0.1) is 6.92 Å². The first-order valence-corrected chi connectivity index (χ1v) is 6.58. The van der Waals surface area contributed by atoms with E-state index in [1.54, 1.807) is 11.3 Å². The van der Waals surface area contributed by atoms with E-state index in [0.29, 0.717) is 6.54 Å². The summed E-state index contributed by atoms with van der Waals surface area (Å²) in [6.45, 7) is 2.71. The van der Waals surface area contributed by atoms with Crippen LogP contribution in [-0.2, 0) is 11.3 Å². The first-order valence-electron chi connectivity index (χ1n) is 5.70. The molecule has 2 aromatic rings. The molecular formula is C13H15N3OS. The predicted octanol–water partition coefficient (Wildman–Crippen LogP) is 2.18. The fourth-order valence-corrected chi connectivity index (χ4v) is 2.09. The number of amides is 1. The summed E-state index contributed by atoms with van der Waals surface area (Å²) >= 11 is 1.59. The number of anilines is 1. The molecule has 18 heavy (non-hydrogen) atoms. The zero-order valence-electron chi connectivity index (χ0n) is 10.1. The van der Waals surface area contributed by atoms with Crippen LogP contribution >= 0.6 is 11.3 Å². The lowest BCUT2D eigenvalue weighted by Crippen LogP contribution is -2.29. The summed E-state index contributed by atoms with van der Waals surface area (Å²) in [5, 5.41) is 8.86. The van der Waals surface area contributed by atoms with Crippen LogP contribution in [-0.4, -0.2) is 17.4 Å². The lowest BCUT2D eigenvalue weighted by Gasteiger charge is -2.06. The lowest BCUT2D eigenvalue weighted by atomic mass is 10.3. The van der Waals surface area contributed by atoms with Crippen LogP contribution in [0.15, 0.2) is 35.7 Å². The minimum absolute atomic E-state index is 0.0375. The van der Waals surface area contributed by atoms with E-state index >= 15 is 0 Å². The van der Waals surface area contributed by atoms with Crippen LogP contribution in [0.4, 0.5) is 5.69 Å². The Bertz CT molecular complexity index is 510. The number of hydrogen-bond acceptors (Lipinski definition) is 4. The van der Waals surface area contributed by atoms with Gasteiger partial charge < -0.3 is 10.6 Å². The van der Waals surface area contributed by atoms with Gasteiger partial charge in [-0.3, -0.25) is 4.79 Å². The number of rotatable bonds is 5. The van der Waals surface area contributed by atoms with Crippen LogP contribution in [0.1, 0.15) is 10.7 Å². The Morgan fingerprint density at radius 3 is 2.78 bits per heavy atom. The number of carbonyl (C=O) groups excluding carboxylic acids is 1. The van der Waals surface area contributed by atoms with Gasteiger partial charge in [-0.15, -0.1) is 11.3 Å². The summed E-state index contributed by atoms with van der Waals surface area (Å²) in [4.78, 5) is 15.9. The van der Waals surface area contributed by atoms with E-state index in [1.165, 1.54) is 0 Å². The molecule has 4 nitrogen and oxygen atoms in total. The average Bonchev–Trinajstić information content (AvgIpc) is 2.81. The Morgan fingerprint density at radius 1 is 1.33 bits per heavy atom. The van der Waals surface area contributed by atoms with E-state index in [-0.39, 0.29) is 12.5 Å². The standard InChI is InChI=1S/C13H15N3OS/c1-10-16-12(9-18-10)7-15-13(17)8-14-11-5-3-2-4-6-11/h2-6,9,14H,7-8H2,1H3,(H,15,17). The second kappa shape index (κ2) is 6.16. The number of aryl methyl sites for hydroxylation is 1. The van der Waals surface area contributed by atoms with Gasteiger partial charge in [0.05, 0.1) is 23.8 Å². The van der Waals surface area contributed by atoms with Crippen molar-refractivity contribution >= 4 is 22.9 Å². The first-order chi connectivity index (χ1) is 8.74. The molecule has 94 valence electrons. The highest BCUT2D eigenvalue weighted by atomic mass is 32.1. The summed E-state index contributed by atoms with van der Waals surface area (Å²) in [7, 11) is 0. The molecule has 0 aliphatic heterocycles. The zero-order chi connectivity index (χ0) is 12.8. The third kappa shape index (κ3) is 3.85. The van der Waals surface area contributed by atoms with Crippen molar-refractivity contribution < 1.29 is 4.79 Å². The zero-order valence-corrected chi connectivity index (χ0v) is 11.0. The Morgan fingerprint density at radius 2 is 2.11 bits per heavy atom. The van der Waals surface area contributed by atoms with Gasteiger partial charge in [-0.05, 0) is 19.1 Å². The van der Waals surface area contributed by atoms with Crippen LogP contribution in [0.3, 0.4) is 0 Å². The minimum Gasteiger partial charge on any atom is -0.376 e. The lowest BCUT2D eigenvalue weighted by molar-refractivity contribution is -0.119. The molecule has 1 heterocycles. The topological polar surface area (TPSA) is 54.0 Å². The van der Waals surface area contributed by atoms with Crippen molar-refractivity contribution in [1.82, 2.24) is 10.3 Å². The van der Waals surface area contributed by atoms with Gasteiger partial charge in [0.1, 0.15) is 0 Å². The maximum absolute atomic E-state index is 11.6. The third-order valence-corrected chi connectivity index (χ3v) is 3.18. The average molecular weight is 261 g/mol. The van der Waals surface area contributed by atoms with Crippen molar-refractivity contribution in [3.8, 4) is 0 Å². The number of nitrogens with one attached hydrogen (secondary N) is 2. The van der Waals surface area contributed by atoms with E-state index < -0.39 is 0 Å². The molecule has 2 rings (SSSR count). The molecular weight excluding hydrogens is 246 g/mol. The Kier molecular flexibility index (Phi) is 4.30. The number of hydrogen-bond donors (Lipinski definition) is 2. The van der Waals surface area contributed by atoms with Gasteiger partial charge in [0, 0.05) is 11.1 Å². The van der Waals surface area contributed by atoms with Gasteiger partial charge in [0.2, 0.25) is 5.91 Å². The summed E-state index contributed by atoms with van der Waals surface area (Å²) < 4.78 is 0. The summed E-state index contributed by atoms with van der Waals surface area (Å²) in [5.41, 5.74) is 1.85.